The summed E-state index contributed by atoms with van der Waals surface area (Å²) >= 11 is 6.09. The van der Waals surface area contributed by atoms with Crippen LogP contribution >= 0.6 is 11.6 Å². The van der Waals surface area contributed by atoms with Gasteiger partial charge in [0.15, 0.2) is 0 Å². The molecule has 1 N–H and O–H groups in total. The number of benzene rings is 3. The molecule has 0 aliphatic heterocycles. The van der Waals surface area contributed by atoms with Gasteiger partial charge in [0.05, 0.1) is 22.3 Å². The van der Waals surface area contributed by atoms with E-state index in [2.05, 4.69) is 9.97 Å². The number of nitrogens with one attached hydrogen (secondary N) is 1. The molecule has 0 atom stereocenters. The number of para-hydroxylation sites is 2. The molecule has 0 aliphatic rings. The highest BCUT2D eigenvalue weighted by Crippen LogP contribution is 2.26. The first kappa shape index (κ1) is 23.5. The lowest BCUT2D eigenvalue weighted by Gasteiger charge is -2.17. The molecule has 7 nitrogen and oxygen atoms in total. The van der Waals surface area contributed by atoms with E-state index in [0.717, 1.165) is 22.5 Å². The van der Waals surface area contributed by atoms with Crippen LogP contribution in [0.15, 0.2) is 89.9 Å². The summed E-state index contributed by atoms with van der Waals surface area (Å²) in [6.45, 7) is 0.380. The highest BCUT2D eigenvalue weighted by molar-refractivity contribution is 6.30. The Balaban J connectivity index is 1.35. The van der Waals surface area contributed by atoms with E-state index in [1.807, 2.05) is 71.5 Å². The summed E-state index contributed by atoms with van der Waals surface area (Å²) in [7, 11) is 1.77. The molecular weight excluding hydrogens is 474 g/mol. The number of carbonyl (C=O) groups excluding carboxylic acids is 1. The fourth-order valence-electron chi connectivity index (χ4n) is 4.10. The van der Waals surface area contributed by atoms with Crippen LogP contribution in [0, 0.1) is 0 Å². The lowest BCUT2D eigenvalue weighted by atomic mass is 10.1. The number of amides is 1. The van der Waals surface area contributed by atoms with E-state index >= 15 is 0 Å². The van der Waals surface area contributed by atoms with Gasteiger partial charge in [0.2, 0.25) is 5.91 Å². The van der Waals surface area contributed by atoms with Crippen LogP contribution in [-0.2, 0) is 17.8 Å². The second-order valence-electron chi connectivity index (χ2n) is 8.57. The predicted octanol–water partition coefficient (Wildman–Crippen LogP) is 5.02. The molecule has 0 bridgehead atoms. The summed E-state index contributed by atoms with van der Waals surface area (Å²) < 4.78 is 1.82. The molecule has 2 aromatic heterocycles. The smallest absolute Gasteiger partial charge is 0.258 e. The molecule has 0 saturated heterocycles. The van der Waals surface area contributed by atoms with Crippen LogP contribution in [0.5, 0.6) is 0 Å². The molecule has 5 aromatic rings. The normalized spacial score (nSPS) is 11.1. The molecule has 0 radical (unpaired) electrons. The quantitative estimate of drug-likeness (QED) is 0.342. The number of fused-ring (bicyclic) bond motifs is 1. The van der Waals surface area contributed by atoms with Crippen LogP contribution < -0.4 is 5.56 Å². The molecule has 3 aromatic carbocycles. The number of aryl methyl sites for hydroxylation is 1. The zero-order valence-electron chi connectivity index (χ0n) is 19.7. The average Bonchev–Trinajstić information content (AvgIpc) is 3.32. The van der Waals surface area contributed by atoms with Gasteiger partial charge in [-0.25, -0.2) is 9.67 Å². The number of halogens is 1. The Morgan fingerprint density at radius 3 is 2.50 bits per heavy atom. The number of aromatic nitrogens is 4. The summed E-state index contributed by atoms with van der Waals surface area (Å²) in [5.74, 6) is 0.444. The van der Waals surface area contributed by atoms with Crippen molar-refractivity contribution in [3.05, 3.63) is 112 Å². The molecule has 0 unspecified atom stereocenters. The Hall–Kier alpha value is -4.23. The molecule has 5 rings (SSSR count). The molecule has 0 spiro atoms. The van der Waals surface area contributed by atoms with Gasteiger partial charge in [0, 0.05) is 48.8 Å². The standard InChI is InChI=1S/C28H24ClN5O2/c1-33(26(35)16-15-25-30-24-10-6-5-9-23(24)28(36)31-25)17-20-18-34(22-7-3-2-4-8-22)32-27(20)19-11-13-21(29)14-12-19/h2-14,18H,15-17H2,1H3,(H,30,31,36). The minimum Gasteiger partial charge on any atom is -0.341 e. The van der Waals surface area contributed by atoms with Crippen molar-refractivity contribution < 1.29 is 4.79 Å². The van der Waals surface area contributed by atoms with Crippen molar-refractivity contribution in [2.75, 3.05) is 7.05 Å². The van der Waals surface area contributed by atoms with Crippen LogP contribution in [0.4, 0.5) is 0 Å². The van der Waals surface area contributed by atoms with Crippen molar-refractivity contribution in [2.24, 2.45) is 0 Å². The highest BCUT2D eigenvalue weighted by atomic mass is 35.5. The fourth-order valence-corrected chi connectivity index (χ4v) is 4.23. The third-order valence-corrected chi connectivity index (χ3v) is 6.25. The van der Waals surface area contributed by atoms with Crippen LogP contribution in [0.3, 0.4) is 0 Å². The fraction of sp³-hybridized carbons (Fsp3) is 0.143. The molecule has 36 heavy (non-hydrogen) atoms. The predicted molar refractivity (Wildman–Crippen MR) is 141 cm³/mol. The summed E-state index contributed by atoms with van der Waals surface area (Å²) in [6.07, 6.45) is 2.52. The maximum atomic E-state index is 13.0. The summed E-state index contributed by atoms with van der Waals surface area (Å²) in [5.41, 5.74) is 3.97. The molecule has 0 aliphatic carbocycles. The lowest BCUT2D eigenvalue weighted by molar-refractivity contribution is -0.130. The molecular formula is C28H24ClN5O2. The van der Waals surface area contributed by atoms with Crippen molar-refractivity contribution in [3.63, 3.8) is 0 Å². The van der Waals surface area contributed by atoms with E-state index in [4.69, 9.17) is 16.7 Å². The number of carbonyl (C=O) groups is 1. The monoisotopic (exact) mass is 497 g/mol. The van der Waals surface area contributed by atoms with Crippen molar-refractivity contribution in [2.45, 2.75) is 19.4 Å². The first-order valence-electron chi connectivity index (χ1n) is 11.6. The molecule has 180 valence electrons. The van der Waals surface area contributed by atoms with E-state index in [0.29, 0.717) is 34.7 Å². The van der Waals surface area contributed by atoms with Gasteiger partial charge in [0.1, 0.15) is 5.82 Å². The SMILES string of the molecule is CN(Cc1cn(-c2ccccc2)nc1-c1ccc(Cl)cc1)C(=O)CCc1nc2ccccc2c(=O)[nH]1. The first-order valence-corrected chi connectivity index (χ1v) is 12.0. The summed E-state index contributed by atoms with van der Waals surface area (Å²) in [5, 5.41) is 6.00. The van der Waals surface area contributed by atoms with E-state index in [1.54, 1.807) is 30.1 Å². The summed E-state index contributed by atoms with van der Waals surface area (Å²) in [6, 6.07) is 24.5. The minimum atomic E-state index is -0.197. The average molecular weight is 498 g/mol. The van der Waals surface area contributed by atoms with Crippen LogP contribution in [-0.4, -0.2) is 37.6 Å². The zero-order valence-corrected chi connectivity index (χ0v) is 20.4. The Bertz CT molecular complexity index is 1580. The molecule has 8 heteroatoms. The molecule has 1 amide bonds. The van der Waals surface area contributed by atoms with Crippen molar-refractivity contribution in [1.82, 2.24) is 24.6 Å². The Morgan fingerprint density at radius 1 is 1.00 bits per heavy atom. The number of aromatic amines is 1. The number of rotatable bonds is 7. The van der Waals surface area contributed by atoms with E-state index in [1.165, 1.54) is 0 Å². The van der Waals surface area contributed by atoms with Gasteiger partial charge in [-0.2, -0.15) is 5.10 Å². The van der Waals surface area contributed by atoms with Crippen LogP contribution in [0.25, 0.3) is 27.8 Å². The van der Waals surface area contributed by atoms with Crippen LogP contribution in [0.1, 0.15) is 17.8 Å². The van der Waals surface area contributed by atoms with Crippen molar-refractivity contribution in [1.29, 1.82) is 0 Å². The first-order chi connectivity index (χ1) is 17.5. The van der Waals surface area contributed by atoms with E-state index in [-0.39, 0.29) is 17.9 Å². The Kier molecular flexibility index (Phi) is 6.64. The Labute approximate surface area is 213 Å². The second kappa shape index (κ2) is 10.2. The van der Waals surface area contributed by atoms with Gasteiger partial charge >= 0.3 is 0 Å². The van der Waals surface area contributed by atoms with Crippen molar-refractivity contribution >= 4 is 28.4 Å². The van der Waals surface area contributed by atoms with Crippen LogP contribution in [0.2, 0.25) is 5.02 Å². The Morgan fingerprint density at radius 2 is 1.72 bits per heavy atom. The maximum absolute atomic E-state index is 13.0. The lowest BCUT2D eigenvalue weighted by Crippen LogP contribution is -2.27. The van der Waals surface area contributed by atoms with Gasteiger partial charge in [-0.05, 0) is 36.4 Å². The van der Waals surface area contributed by atoms with Gasteiger partial charge in [-0.15, -0.1) is 0 Å². The zero-order chi connectivity index (χ0) is 25.1. The van der Waals surface area contributed by atoms with Crippen molar-refractivity contribution in [3.8, 4) is 16.9 Å². The van der Waals surface area contributed by atoms with Gasteiger partial charge < -0.3 is 9.88 Å². The highest BCUT2D eigenvalue weighted by Gasteiger charge is 2.17. The number of nitrogens with zero attached hydrogens (tertiary/aromatic N) is 4. The third-order valence-electron chi connectivity index (χ3n) is 6.00. The van der Waals surface area contributed by atoms with E-state index < -0.39 is 0 Å². The number of H-pyrrole nitrogens is 1. The molecule has 0 saturated carbocycles. The maximum Gasteiger partial charge on any atom is 0.258 e. The number of hydrogen-bond acceptors (Lipinski definition) is 4. The third kappa shape index (κ3) is 5.06. The van der Waals surface area contributed by atoms with Gasteiger partial charge in [-0.1, -0.05) is 54.1 Å². The minimum absolute atomic E-state index is 0.0553. The summed E-state index contributed by atoms with van der Waals surface area (Å²) in [4.78, 5) is 34.3. The molecule has 0 fully saturated rings. The van der Waals surface area contributed by atoms with Gasteiger partial charge in [-0.3, -0.25) is 9.59 Å². The topological polar surface area (TPSA) is 83.9 Å². The molecule has 2 heterocycles. The van der Waals surface area contributed by atoms with E-state index in [9.17, 15) is 9.59 Å². The number of hydrogen-bond donors (Lipinski definition) is 1. The largest absolute Gasteiger partial charge is 0.341 e. The van der Waals surface area contributed by atoms with Gasteiger partial charge in [0.25, 0.3) is 5.56 Å². The second-order valence-corrected chi connectivity index (χ2v) is 9.01.